The zero-order valence-electron chi connectivity index (χ0n) is 17.8. The van der Waals surface area contributed by atoms with Crippen molar-refractivity contribution in [2.24, 2.45) is 0 Å². The molecule has 2 aliphatic rings. The van der Waals surface area contributed by atoms with E-state index in [0.29, 0.717) is 28.5 Å². The Morgan fingerprint density at radius 3 is 2.20 bits per heavy atom. The molecular weight excluding hydrogens is 378 g/mol. The fraction of sp³-hybridized carbons (Fsp3) is 0.440. The zero-order chi connectivity index (χ0) is 21.1. The van der Waals surface area contributed by atoms with E-state index in [0.717, 1.165) is 12.8 Å². The summed E-state index contributed by atoms with van der Waals surface area (Å²) in [6.45, 7) is 0. The Bertz CT molecular complexity index is 933. The van der Waals surface area contributed by atoms with Crippen molar-refractivity contribution in [1.82, 2.24) is 0 Å². The van der Waals surface area contributed by atoms with Gasteiger partial charge >= 0.3 is 5.97 Å². The Balaban J connectivity index is 1.62. The summed E-state index contributed by atoms with van der Waals surface area (Å²) in [5.74, 6) is 0.426. The molecule has 0 saturated carbocycles. The maximum Gasteiger partial charge on any atom is 0.341 e. The number of amides is 1. The monoisotopic (exact) mass is 407 g/mol. The number of benzene rings is 2. The molecule has 158 valence electrons. The lowest BCUT2D eigenvalue weighted by Gasteiger charge is -2.20. The van der Waals surface area contributed by atoms with Gasteiger partial charge in [-0.15, -0.1) is 0 Å². The van der Waals surface area contributed by atoms with Crippen molar-refractivity contribution in [3.63, 3.8) is 0 Å². The van der Waals surface area contributed by atoms with Crippen LogP contribution in [0, 0.1) is 0 Å². The molecule has 0 aromatic heterocycles. The van der Waals surface area contributed by atoms with Gasteiger partial charge in [-0.3, -0.25) is 4.79 Å². The Hall–Kier alpha value is -2.82. The molecule has 2 aromatic rings. The molecule has 0 spiro atoms. The van der Waals surface area contributed by atoms with Gasteiger partial charge < -0.3 is 14.8 Å². The van der Waals surface area contributed by atoms with E-state index in [1.165, 1.54) is 69.4 Å². The van der Waals surface area contributed by atoms with Gasteiger partial charge in [0, 0.05) is 17.3 Å². The van der Waals surface area contributed by atoms with Crippen LogP contribution in [0.25, 0.3) is 0 Å². The van der Waals surface area contributed by atoms with E-state index < -0.39 is 5.97 Å². The molecule has 5 nitrogen and oxygen atoms in total. The summed E-state index contributed by atoms with van der Waals surface area (Å²) in [7, 11) is 2.82. The second-order valence-electron chi connectivity index (χ2n) is 8.26. The molecule has 4 rings (SSSR count). The average molecular weight is 408 g/mol. The van der Waals surface area contributed by atoms with Crippen molar-refractivity contribution in [3.05, 3.63) is 58.1 Å². The largest absolute Gasteiger partial charge is 0.496 e. The van der Waals surface area contributed by atoms with Crippen molar-refractivity contribution >= 4 is 17.6 Å². The molecule has 0 saturated heterocycles. The Morgan fingerprint density at radius 2 is 1.60 bits per heavy atom. The summed E-state index contributed by atoms with van der Waals surface area (Å²) in [4.78, 5) is 24.9. The molecule has 1 N–H and O–H groups in total. The van der Waals surface area contributed by atoms with E-state index >= 15 is 0 Å². The van der Waals surface area contributed by atoms with E-state index in [2.05, 4.69) is 17.4 Å². The first-order valence-corrected chi connectivity index (χ1v) is 10.8. The highest BCUT2D eigenvalue weighted by Crippen LogP contribution is 2.40. The topological polar surface area (TPSA) is 64.6 Å². The lowest BCUT2D eigenvalue weighted by atomic mass is 9.86. The minimum absolute atomic E-state index is 0.132. The predicted molar refractivity (Wildman–Crippen MR) is 117 cm³/mol. The fourth-order valence-electron chi connectivity index (χ4n) is 4.94. The Labute approximate surface area is 177 Å². The third kappa shape index (κ3) is 4.07. The molecule has 0 bridgehead atoms. The SMILES string of the molecule is COC(=O)c1ccc(NC(=O)c2cc3c4c(c2)CCCCC4CCCC3)cc1OC. The molecule has 30 heavy (non-hydrogen) atoms. The minimum Gasteiger partial charge on any atom is -0.496 e. The van der Waals surface area contributed by atoms with Gasteiger partial charge in [-0.25, -0.2) is 4.79 Å². The van der Waals surface area contributed by atoms with Gasteiger partial charge in [0.25, 0.3) is 5.91 Å². The summed E-state index contributed by atoms with van der Waals surface area (Å²) in [6.07, 6.45) is 9.60. The first-order valence-electron chi connectivity index (χ1n) is 10.8. The zero-order valence-corrected chi connectivity index (χ0v) is 17.8. The summed E-state index contributed by atoms with van der Waals surface area (Å²) in [6, 6.07) is 9.14. The summed E-state index contributed by atoms with van der Waals surface area (Å²) in [5.41, 5.74) is 5.88. The van der Waals surface area contributed by atoms with E-state index in [1.54, 1.807) is 18.2 Å². The van der Waals surface area contributed by atoms with Gasteiger partial charge in [-0.2, -0.15) is 0 Å². The third-order valence-electron chi connectivity index (χ3n) is 6.38. The number of carbonyl (C=O) groups is 2. The molecule has 0 heterocycles. The standard InChI is InChI=1S/C25H29NO4/c1-29-22-15-20(11-12-21(22)25(28)30-2)26-24(27)19-13-17-9-5-3-7-16-8-4-6-10-18(14-19)23(16)17/h11-16H,3-10H2,1-2H3,(H,26,27). The molecule has 5 heteroatoms. The molecule has 0 unspecified atom stereocenters. The van der Waals surface area contributed by atoms with Gasteiger partial charge in [0.05, 0.1) is 14.2 Å². The third-order valence-corrected chi connectivity index (χ3v) is 6.38. The van der Waals surface area contributed by atoms with Crippen LogP contribution in [0.3, 0.4) is 0 Å². The van der Waals surface area contributed by atoms with Crippen LogP contribution < -0.4 is 10.1 Å². The molecule has 2 aromatic carbocycles. The van der Waals surface area contributed by atoms with Crippen LogP contribution in [-0.2, 0) is 17.6 Å². The van der Waals surface area contributed by atoms with E-state index in [1.807, 2.05) is 0 Å². The van der Waals surface area contributed by atoms with E-state index in [-0.39, 0.29) is 5.91 Å². The second-order valence-corrected chi connectivity index (χ2v) is 8.26. The number of esters is 1. The predicted octanol–water partition coefficient (Wildman–Crippen LogP) is 5.27. The highest BCUT2D eigenvalue weighted by molar-refractivity contribution is 6.05. The molecular formula is C25H29NO4. The van der Waals surface area contributed by atoms with Crippen molar-refractivity contribution in [1.29, 1.82) is 0 Å². The average Bonchev–Trinajstić information content (AvgIpc) is 3.10. The number of anilines is 1. The number of hydrogen-bond donors (Lipinski definition) is 1. The van der Waals surface area contributed by atoms with Gasteiger partial charge in [0.2, 0.25) is 0 Å². The fourth-order valence-corrected chi connectivity index (χ4v) is 4.94. The molecule has 0 aliphatic heterocycles. The smallest absolute Gasteiger partial charge is 0.341 e. The summed E-state index contributed by atoms with van der Waals surface area (Å²) in [5, 5.41) is 2.96. The maximum atomic E-state index is 13.1. The van der Waals surface area contributed by atoms with Crippen LogP contribution >= 0.6 is 0 Å². The summed E-state index contributed by atoms with van der Waals surface area (Å²) < 4.78 is 10.1. The lowest BCUT2D eigenvalue weighted by molar-refractivity contribution is 0.0597. The number of hydrogen-bond acceptors (Lipinski definition) is 4. The first kappa shape index (κ1) is 20.5. The molecule has 1 amide bonds. The van der Waals surface area contributed by atoms with Crippen LogP contribution in [0.1, 0.15) is 81.8 Å². The van der Waals surface area contributed by atoms with E-state index in [9.17, 15) is 9.59 Å². The number of aryl methyl sites for hydroxylation is 2. The Kier molecular flexibility index (Phi) is 6.07. The molecule has 0 radical (unpaired) electrons. The van der Waals surface area contributed by atoms with Crippen molar-refractivity contribution < 1.29 is 19.1 Å². The normalized spacial score (nSPS) is 16.1. The quantitative estimate of drug-likeness (QED) is 0.701. The number of nitrogens with one attached hydrogen (secondary N) is 1. The lowest BCUT2D eigenvalue weighted by Crippen LogP contribution is -2.15. The van der Waals surface area contributed by atoms with Gasteiger partial charge in [0.15, 0.2) is 0 Å². The van der Waals surface area contributed by atoms with Crippen molar-refractivity contribution in [2.45, 2.75) is 57.3 Å². The van der Waals surface area contributed by atoms with Gasteiger partial charge in [0.1, 0.15) is 11.3 Å². The molecule has 2 aliphatic carbocycles. The highest BCUT2D eigenvalue weighted by atomic mass is 16.5. The van der Waals surface area contributed by atoms with Gasteiger partial charge in [-0.1, -0.05) is 12.8 Å². The van der Waals surface area contributed by atoms with Gasteiger partial charge in [-0.05, 0) is 85.4 Å². The van der Waals surface area contributed by atoms with E-state index in [4.69, 9.17) is 9.47 Å². The van der Waals surface area contributed by atoms with Crippen LogP contribution in [-0.4, -0.2) is 26.1 Å². The number of rotatable bonds is 4. The van der Waals surface area contributed by atoms with Crippen LogP contribution in [0.4, 0.5) is 5.69 Å². The highest BCUT2D eigenvalue weighted by Gasteiger charge is 2.25. The van der Waals surface area contributed by atoms with Crippen molar-refractivity contribution in [2.75, 3.05) is 19.5 Å². The van der Waals surface area contributed by atoms with Crippen LogP contribution in [0.5, 0.6) is 5.75 Å². The molecule has 0 fully saturated rings. The van der Waals surface area contributed by atoms with Crippen molar-refractivity contribution in [3.8, 4) is 5.75 Å². The van der Waals surface area contributed by atoms with Crippen LogP contribution in [0.15, 0.2) is 30.3 Å². The number of methoxy groups -OCH3 is 2. The summed E-state index contributed by atoms with van der Waals surface area (Å²) >= 11 is 0. The second kappa shape index (κ2) is 8.90. The Morgan fingerprint density at radius 1 is 0.933 bits per heavy atom. The van der Waals surface area contributed by atoms with Crippen LogP contribution in [0.2, 0.25) is 0 Å². The maximum absolute atomic E-state index is 13.1. The first-order chi connectivity index (χ1) is 14.6. The molecule has 0 atom stereocenters. The number of carbonyl (C=O) groups excluding carboxylic acids is 2. The minimum atomic E-state index is -0.472. The number of ether oxygens (including phenoxy) is 2.